The van der Waals surface area contributed by atoms with Crippen molar-refractivity contribution < 1.29 is 14.3 Å². The number of ether oxygens (including phenoxy) is 2. The van der Waals surface area contributed by atoms with Crippen LogP contribution in [0.4, 0.5) is 0 Å². The van der Waals surface area contributed by atoms with Crippen LogP contribution in [0.15, 0.2) is 18.2 Å². The summed E-state index contributed by atoms with van der Waals surface area (Å²) in [6.45, 7) is 2.43. The Hall–Kier alpha value is -1.55. The zero-order valence-corrected chi connectivity index (χ0v) is 10.5. The van der Waals surface area contributed by atoms with E-state index < -0.39 is 0 Å². The average molecular weight is 237 g/mol. The summed E-state index contributed by atoms with van der Waals surface area (Å²) in [6, 6.07) is 5.30. The van der Waals surface area contributed by atoms with E-state index in [4.69, 9.17) is 15.2 Å². The first-order chi connectivity index (χ1) is 8.13. The molecule has 0 aromatic heterocycles. The first-order valence-electron chi connectivity index (χ1n) is 5.58. The van der Waals surface area contributed by atoms with Crippen molar-refractivity contribution in [2.75, 3.05) is 20.8 Å². The summed E-state index contributed by atoms with van der Waals surface area (Å²) < 4.78 is 10.4. The van der Waals surface area contributed by atoms with Crippen LogP contribution in [0.25, 0.3) is 0 Å². The van der Waals surface area contributed by atoms with Crippen LogP contribution < -0.4 is 15.2 Å². The number of benzene rings is 1. The summed E-state index contributed by atoms with van der Waals surface area (Å²) in [6.07, 6.45) is 0.396. The van der Waals surface area contributed by atoms with E-state index in [1.54, 1.807) is 18.2 Å². The number of carbonyl (C=O) groups excluding carboxylic acids is 1. The first kappa shape index (κ1) is 13.5. The van der Waals surface area contributed by atoms with Gasteiger partial charge in [0.15, 0.2) is 5.78 Å². The molecule has 0 bridgehead atoms. The third-order valence-corrected chi connectivity index (χ3v) is 2.64. The third-order valence-electron chi connectivity index (χ3n) is 2.64. The van der Waals surface area contributed by atoms with Crippen molar-refractivity contribution in [2.45, 2.75) is 13.3 Å². The van der Waals surface area contributed by atoms with Crippen LogP contribution in [0.1, 0.15) is 23.7 Å². The molecule has 1 aromatic rings. The molecule has 0 saturated heterocycles. The van der Waals surface area contributed by atoms with Gasteiger partial charge in [-0.05, 0) is 24.6 Å². The topological polar surface area (TPSA) is 61.5 Å². The van der Waals surface area contributed by atoms with Crippen molar-refractivity contribution in [1.29, 1.82) is 0 Å². The zero-order chi connectivity index (χ0) is 12.8. The molecule has 1 unspecified atom stereocenters. The molecule has 0 aliphatic heterocycles. The minimum absolute atomic E-state index is 0.00255. The minimum Gasteiger partial charge on any atom is -0.496 e. The summed E-state index contributed by atoms with van der Waals surface area (Å²) in [5.74, 6) is 1.23. The van der Waals surface area contributed by atoms with E-state index in [2.05, 4.69) is 0 Å². The van der Waals surface area contributed by atoms with Crippen LogP contribution in [0.2, 0.25) is 0 Å². The van der Waals surface area contributed by atoms with Crippen molar-refractivity contribution in [2.24, 2.45) is 11.7 Å². The zero-order valence-electron chi connectivity index (χ0n) is 10.5. The monoisotopic (exact) mass is 237 g/mol. The van der Waals surface area contributed by atoms with Gasteiger partial charge in [-0.3, -0.25) is 4.79 Å². The fourth-order valence-corrected chi connectivity index (χ4v) is 1.63. The maximum absolute atomic E-state index is 12.2. The van der Waals surface area contributed by atoms with E-state index in [1.165, 1.54) is 14.2 Å². The molecule has 1 atom stereocenters. The van der Waals surface area contributed by atoms with Crippen LogP contribution in [-0.4, -0.2) is 26.5 Å². The maximum atomic E-state index is 12.2. The molecular formula is C13H19NO3. The number of methoxy groups -OCH3 is 2. The molecule has 0 aliphatic rings. The van der Waals surface area contributed by atoms with E-state index in [9.17, 15) is 4.79 Å². The van der Waals surface area contributed by atoms with Crippen LogP contribution >= 0.6 is 0 Å². The molecule has 94 valence electrons. The Bertz CT molecular complexity index is 368. The predicted molar refractivity (Wildman–Crippen MR) is 66.7 cm³/mol. The Morgan fingerprint density at radius 2 is 1.82 bits per heavy atom. The van der Waals surface area contributed by atoms with Gasteiger partial charge >= 0.3 is 0 Å². The van der Waals surface area contributed by atoms with Gasteiger partial charge in [0.2, 0.25) is 0 Å². The lowest BCUT2D eigenvalue weighted by atomic mass is 9.98. The van der Waals surface area contributed by atoms with Gasteiger partial charge < -0.3 is 15.2 Å². The minimum atomic E-state index is -0.00255. The number of hydrogen-bond donors (Lipinski definition) is 1. The maximum Gasteiger partial charge on any atom is 0.170 e. The Balaban J connectivity index is 3.05. The lowest BCUT2D eigenvalue weighted by Crippen LogP contribution is -2.16. The second-order valence-corrected chi connectivity index (χ2v) is 4.01. The van der Waals surface area contributed by atoms with Gasteiger partial charge in [0, 0.05) is 6.42 Å². The Kier molecular flexibility index (Phi) is 4.97. The third kappa shape index (κ3) is 3.20. The lowest BCUT2D eigenvalue weighted by Gasteiger charge is -2.13. The number of carbonyl (C=O) groups is 1. The summed E-state index contributed by atoms with van der Waals surface area (Å²) in [4.78, 5) is 12.2. The highest BCUT2D eigenvalue weighted by Gasteiger charge is 2.19. The molecule has 1 rings (SSSR count). The molecule has 4 nitrogen and oxygen atoms in total. The summed E-state index contributed by atoms with van der Waals surface area (Å²) >= 11 is 0. The molecule has 0 radical (unpaired) electrons. The second kappa shape index (κ2) is 6.25. The highest BCUT2D eigenvalue weighted by molar-refractivity contribution is 6.01. The molecular weight excluding hydrogens is 218 g/mol. The van der Waals surface area contributed by atoms with Gasteiger partial charge in [-0.25, -0.2) is 0 Å². The van der Waals surface area contributed by atoms with Crippen molar-refractivity contribution in [3.63, 3.8) is 0 Å². The van der Waals surface area contributed by atoms with Crippen LogP contribution in [0.3, 0.4) is 0 Å². The van der Waals surface area contributed by atoms with E-state index in [1.807, 2.05) is 6.92 Å². The standard InChI is InChI=1S/C13H19NO3/c1-9(8-14)7-10(15)13-11(16-2)5-4-6-12(13)17-3/h4-6,9H,7-8,14H2,1-3H3. The molecule has 0 heterocycles. The predicted octanol–water partition coefficient (Wildman–Crippen LogP) is 1.87. The van der Waals surface area contributed by atoms with Gasteiger partial charge in [0.1, 0.15) is 17.1 Å². The van der Waals surface area contributed by atoms with Crippen molar-refractivity contribution in [3.8, 4) is 11.5 Å². The summed E-state index contributed by atoms with van der Waals surface area (Å²) in [7, 11) is 3.08. The van der Waals surface area contributed by atoms with E-state index in [-0.39, 0.29) is 11.7 Å². The lowest BCUT2D eigenvalue weighted by molar-refractivity contribution is 0.0959. The van der Waals surface area contributed by atoms with Gasteiger partial charge in [-0.15, -0.1) is 0 Å². The van der Waals surface area contributed by atoms with Crippen molar-refractivity contribution >= 4 is 5.78 Å². The number of Topliss-reactive ketones (excluding diaryl/α,β-unsaturated/α-hetero) is 1. The smallest absolute Gasteiger partial charge is 0.170 e. The number of nitrogens with two attached hydrogens (primary N) is 1. The molecule has 1 aromatic carbocycles. The molecule has 2 N–H and O–H groups in total. The largest absolute Gasteiger partial charge is 0.496 e. The molecule has 0 fully saturated rings. The highest BCUT2D eigenvalue weighted by Crippen LogP contribution is 2.30. The Morgan fingerprint density at radius 3 is 2.24 bits per heavy atom. The molecule has 0 saturated carbocycles. The fraction of sp³-hybridized carbons (Fsp3) is 0.462. The fourth-order valence-electron chi connectivity index (χ4n) is 1.63. The van der Waals surface area contributed by atoms with Crippen molar-refractivity contribution in [3.05, 3.63) is 23.8 Å². The van der Waals surface area contributed by atoms with Crippen LogP contribution in [0, 0.1) is 5.92 Å². The molecule has 0 aliphatic carbocycles. The van der Waals surface area contributed by atoms with Crippen LogP contribution in [-0.2, 0) is 0 Å². The van der Waals surface area contributed by atoms with Crippen LogP contribution in [0.5, 0.6) is 11.5 Å². The summed E-state index contributed by atoms with van der Waals surface area (Å²) in [5.41, 5.74) is 6.02. The van der Waals surface area contributed by atoms with Crippen molar-refractivity contribution in [1.82, 2.24) is 0 Å². The van der Waals surface area contributed by atoms with Gasteiger partial charge in [-0.1, -0.05) is 13.0 Å². The number of hydrogen-bond acceptors (Lipinski definition) is 4. The molecule has 17 heavy (non-hydrogen) atoms. The Labute approximate surface area is 102 Å². The average Bonchev–Trinajstić information content (AvgIpc) is 2.37. The van der Waals surface area contributed by atoms with E-state index in [0.717, 1.165) is 0 Å². The van der Waals surface area contributed by atoms with E-state index >= 15 is 0 Å². The normalized spacial score (nSPS) is 12.0. The van der Waals surface area contributed by atoms with Gasteiger partial charge in [0.05, 0.1) is 14.2 Å². The number of ketones is 1. The second-order valence-electron chi connectivity index (χ2n) is 4.01. The highest BCUT2D eigenvalue weighted by atomic mass is 16.5. The molecule has 0 spiro atoms. The molecule has 4 heteroatoms. The SMILES string of the molecule is COc1cccc(OC)c1C(=O)CC(C)CN. The van der Waals surface area contributed by atoms with Gasteiger partial charge in [-0.2, -0.15) is 0 Å². The van der Waals surface area contributed by atoms with E-state index in [0.29, 0.717) is 30.0 Å². The quantitative estimate of drug-likeness (QED) is 0.767. The Morgan fingerprint density at radius 1 is 1.29 bits per heavy atom. The molecule has 0 amide bonds. The number of rotatable bonds is 6. The summed E-state index contributed by atoms with van der Waals surface area (Å²) in [5, 5.41) is 0. The van der Waals surface area contributed by atoms with Gasteiger partial charge in [0.25, 0.3) is 0 Å². The first-order valence-corrected chi connectivity index (χ1v) is 5.58.